The normalized spacial score (nSPS) is 8.29. The van der Waals surface area contributed by atoms with E-state index in [4.69, 9.17) is 0 Å². The number of hydrogen-bond acceptors (Lipinski definition) is 6. The fourth-order valence-electron chi connectivity index (χ4n) is 0.454. The van der Waals surface area contributed by atoms with E-state index in [1.807, 2.05) is 0 Å². The number of ether oxygens (including phenoxy) is 4. The van der Waals surface area contributed by atoms with Gasteiger partial charge < -0.3 is 18.9 Å². The van der Waals surface area contributed by atoms with Gasteiger partial charge in [0.05, 0.1) is 12.5 Å². The molecule has 0 saturated heterocycles. The Morgan fingerprint density at radius 1 is 0.929 bits per heavy atom. The average molecular weight is 202 g/mol. The molecular formula is C8H10O6. The zero-order valence-corrected chi connectivity index (χ0v) is 7.43. The topological polar surface area (TPSA) is 71.1 Å². The summed E-state index contributed by atoms with van der Waals surface area (Å²) in [6.45, 7) is 6.03. The predicted molar refractivity (Wildman–Crippen MR) is 45.3 cm³/mol. The molecule has 0 N–H and O–H groups in total. The quantitative estimate of drug-likeness (QED) is 0.383. The van der Waals surface area contributed by atoms with Crippen molar-refractivity contribution in [2.24, 2.45) is 0 Å². The van der Waals surface area contributed by atoms with Gasteiger partial charge in [0.15, 0.2) is 0 Å². The Hall–Kier alpha value is -1.98. The molecule has 0 heterocycles. The number of carbonyl (C=O) groups is 2. The van der Waals surface area contributed by atoms with E-state index in [9.17, 15) is 9.59 Å². The van der Waals surface area contributed by atoms with Crippen LogP contribution in [0.15, 0.2) is 25.7 Å². The third-order valence-electron chi connectivity index (χ3n) is 0.882. The van der Waals surface area contributed by atoms with Crippen LogP contribution in [0.2, 0.25) is 0 Å². The van der Waals surface area contributed by atoms with E-state index >= 15 is 0 Å². The summed E-state index contributed by atoms with van der Waals surface area (Å²) in [4.78, 5) is 21.0. The van der Waals surface area contributed by atoms with E-state index in [2.05, 4.69) is 32.1 Å². The van der Waals surface area contributed by atoms with Crippen molar-refractivity contribution >= 4 is 12.3 Å². The Morgan fingerprint density at radius 2 is 1.29 bits per heavy atom. The van der Waals surface area contributed by atoms with Gasteiger partial charge in [0, 0.05) is 0 Å². The van der Waals surface area contributed by atoms with Gasteiger partial charge in [-0.3, -0.25) is 0 Å². The first-order valence-corrected chi connectivity index (χ1v) is 3.59. The lowest BCUT2D eigenvalue weighted by Gasteiger charge is -2.03. The Kier molecular flexibility index (Phi) is 6.57. The Labute approximate surface area is 80.7 Å². The second kappa shape index (κ2) is 7.66. The maximum atomic E-state index is 10.5. The molecule has 78 valence electrons. The highest BCUT2D eigenvalue weighted by atomic mass is 16.7. The molecule has 6 heteroatoms. The minimum absolute atomic E-state index is 0.126. The molecule has 0 atom stereocenters. The van der Waals surface area contributed by atoms with Crippen molar-refractivity contribution in [2.75, 3.05) is 13.2 Å². The van der Waals surface area contributed by atoms with Gasteiger partial charge in [-0.05, 0) is 0 Å². The molecular weight excluding hydrogens is 192 g/mol. The average Bonchev–Trinajstić information content (AvgIpc) is 2.13. The summed E-state index contributed by atoms with van der Waals surface area (Å²) in [7, 11) is 0. The molecule has 0 aromatic heterocycles. The van der Waals surface area contributed by atoms with Crippen LogP contribution in [0.5, 0.6) is 0 Å². The minimum atomic E-state index is -0.916. The molecule has 14 heavy (non-hydrogen) atoms. The van der Waals surface area contributed by atoms with Gasteiger partial charge in [-0.1, -0.05) is 13.2 Å². The van der Waals surface area contributed by atoms with Crippen LogP contribution < -0.4 is 0 Å². The van der Waals surface area contributed by atoms with Gasteiger partial charge in [0.25, 0.3) is 0 Å². The number of rotatable bonds is 5. The lowest BCUT2D eigenvalue weighted by Crippen LogP contribution is -2.13. The first-order valence-electron chi connectivity index (χ1n) is 3.59. The van der Waals surface area contributed by atoms with Crippen LogP contribution >= 0.6 is 0 Å². The predicted octanol–water partition coefficient (Wildman–Crippen LogP) is 1.58. The van der Waals surface area contributed by atoms with Crippen molar-refractivity contribution in [3.05, 3.63) is 25.7 Å². The first kappa shape index (κ1) is 12.0. The molecule has 0 aromatic rings. The van der Waals surface area contributed by atoms with E-state index in [1.165, 1.54) is 0 Å². The lowest BCUT2D eigenvalue weighted by atomic mass is 10.8. The largest absolute Gasteiger partial charge is 0.513 e. The Bertz CT molecular complexity index is 198. The maximum Gasteiger partial charge on any atom is 0.513 e. The lowest BCUT2D eigenvalue weighted by molar-refractivity contribution is 0.0422. The first-order chi connectivity index (χ1) is 6.70. The van der Waals surface area contributed by atoms with E-state index in [0.29, 0.717) is 0 Å². The minimum Gasteiger partial charge on any atom is -0.430 e. The van der Waals surface area contributed by atoms with E-state index < -0.39 is 12.3 Å². The van der Waals surface area contributed by atoms with Crippen LogP contribution in [0.3, 0.4) is 0 Å². The molecule has 0 aromatic carbocycles. The molecule has 0 unspecified atom stereocenters. The molecule has 0 aliphatic carbocycles. The number of carbonyl (C=O) groups excluding carboxylic acids is 2. The maximum absolute atomic E-state index is 10.5. The smallest absolute Gasteiger partial charge is 0.430 e. The summed E-state index contributed by atoms with van der Waals surface area (Å²) in [5.41, 5.74) is 0. The summed E-state index contributed by atoms with van der Waals surface area (Å²) < 4.78 is 17.3. The van der Waals surface area contributed by atoms with Gasteiger partial charge >= 0.3 is 12.3 Å². The van der Waals surface area contributed by atoms with Crippen LogP contribution in [0.1, 0.15) is 0 Å². The standard InChI is InChI=1S/C8H10O6/c1-3-11-7(9)13-5-6-14-8(10)12-4-2/h3-4H,1-2,5-6H2. The van der Waals surface area contributed by atoms with Crippen LogP contribution in [0.25, 0.3) is 0 Å². The van der Waals surface area contributed by atoms with Crippen molar-refractivity contribution in [1.29, 1.82) is 0 Å². The molecule has 0 aliphatic heterocycles. The van der Waals surface area contributed by atoms with Gasteiger partial charge in [-0.2, -0.15) is 0 Å². The second-order valence-electron chi connectivity index (χ2n) is 1.77. The summed E-state index contributed by atoms with van der Waals surface area (Å²) in [5, 5.41) is 0. The molecule has 0 fully saturated rings. The molecule has 0 rings (SSSR count). The summed E-state index contributed by atoms with van der Waals surface area (Å²) in [6.07, 6.45) is 0.0195. The van der Waals surface area contributed by atoms with Gasteiger partial charge in [0.1, 0.15) is 13.2 Å². The SMILES string of the molecule is C=COC(=O)OCCOC(=O)OC=C. The van der Waals surface area contributed by atoms with Gasteiger partial charge in [-0.25, -0.2) is 9.59 Å². The van der Waals surface area contributed by atoms with Crippen molar-refractivity contribution < 1.29 is 28.5 Å². The summed E-state index contributed by atoms with van der Waals surface area (Å²) in [6, 6.07) is 0. The molecule has 0 saturated carbocycles. The Morgan fingerprint density at radius 3 is 1.57 bits per heavy atom. The van der Waals surface area contributed by atoms with Crippen molar-refractivity contribution in [1.82, 2.24) is 0 Å². The molecule has 0 radical (unpaired) electrons. The highest BCUT2D eigenvalue weighted by Crippen LogP contribution is 1.88. The van der Waals surface area contributed by atoms with E-state index in [-0.39, 0.29) is 13.2 Å². The van der Waals surface area contributed by atoms with Crippen molar-refractivity contribution in [2.45, 2.75) is 0 Å². The second-order valence-corrected chi connectivity index (χ2v) is 1.77. The Balaban J connectivity index is 3.36. The summed E-state index contributed by atoms with van der Waals surface area (Å²) in [5.74, 6) is 0. The third kappa shape index (κ3) is 6.71. The highest BCUT2D eigenvalue weighted by Gasteiger charge is 2.03. The van der Waals surface area contributed by atoms with Crippen LogP contribution in [-0.4, -0.2) is 25.5 Å². The van der Waals surface area contributed by atoms with Crippen LogP contribution in [-0.2, 0) is 18.9 Å². The summed E-state index contributed by atoms with van der Waals surface area (Å²) >= 11 is 0. The third-order valence-corrected chi connectivity index (χ3v) is 0.882. The molecule has 0 bridgehead atoms. The fourth-order valence-corrected chi connectivity index (χ4v) is 0.454. The van der Waals surface area contributed by atoms with Gasteiger partial charge in [0.2, 0.25) is 0 Å². The monoisotopic (exact) mass is 202 g/mol. The zero-order chi connectivity index (χ0) is 10.8. The van der Waals surface area contributed by atoms with Crippen molar-refractivity contribution in [3.63, 3.8) is 0 Å². The van der Waals surface area contributed by atoms with Crippen molar-refractivity contribution in [3.8, 4) is 0 Å². The van der Waals surface area contributed by atoms with Crippen LogP contribution in [0, 0.1) is 0 Å². The highest BCUT2D eigenvalue weighted by molar-refractivity contribution is 5.61. The van der Waals surface area contributed by atoms with E-state index in [0.717, 1.165) is 12.5 Å². The van der Waals surface area contributed by atoms with Gasteiger partial charge in [-0.15, -0.1) is 0 Å². The molecule has 6 nitrogen and oxygen atoms in total. The number of hydrogen-bond donors (Lipinski definition) is 0. The molecule has 0 spiro atoms. The zero-order valence-electron chi connectivity index (χ0n) is 7.43. The van der Waals surface area contributed by atoms with Crippen LogP contribution in [0.4, 0.5) is 9.59 Å². The molecule has 0 aliphatic rings. The van der Waals surface area contributed by atoms with E-state index in [1.54, 1.807) is 0 Å². The molecule has 0 amide bonds. The fraction of sp³-hybridized carbons (Fsp3) is 0.250.